The second-order valence-corrected chi connectivity index (χ2v) is 7.58. The maximum Gasteiger partial charge on any atom is 0.420 e. The molecule has 0 atom stereocenters. The molecule has 0 aliphatic carbocycles. The molecule has 4 nitrogen and oxygen atoms in total. The summed E-state index contributed by atoms with van der Waals surface area (Å²) in [6, 6.07) is 7.38. The number of carbonyl (C=O) groups is 1. The first kappa shape index (κ1) is 20.8. The molecule has 1 heterocycles. The van der Waals surface area contributed by atoms with Gasteiger partial charge in [0.25, 0.3) is 0 Å². The van der Waals surface area contributed by atoms with E-state index in [1.807, 2.05) is 6.20 Å². The van der Waals surface area contributed by atoms with E-state index in [0.29, 0.717) is 11.7 Å². The summed E-state index contributed by atoms with van der Waals surface area (Å²) in [6.07, 6.45) is -2.42. The van der Waals surface area contributed by atoms with E-state index < -0.39 is 24.1 Å². The highest BCUT2D eigenvalue weighted by atomic mass is 19.4. The number of hydrogen-bond acceptors (Lipinski definition) is 2. The van der Waals surface area contributed by atoms with Gasteiger partial charge in [0, 0.05) is 17.1 Å². The number of aryl methyl sites for hydroxylation is 1. The predicted molar refractivity (Wildman–Crippen MR) is 104 cm³/mol. The van der Waals surface area contributed by atoms with E-state index >= 15 is 0 Å². The fraction of sp³-hybridized carbons (Fsp3) is 0.318. The lowest BCUT2D eigenvalue weighted by Gasteiger charge is -2.18. The Labute approximate surface area is 166 Å². The number of ether oxygens (including phenoxy) is 1. The quantitative estimate of drug-likeness (QED) is 0.520. The lowest BCUT2D eigenvalue weighted by atomic mass is 10.0. The molecule has 1 aromatic heterocycles. The van der Waals surface area contributed by atoms with Crippen molar-refractivity contribution < 1.29 is 27.8 Å². The molecule has 7 heteroatoms. The number of aromatic nitrogens is 1. The lowest BCUT2D eigenvalue weighted by molar-refractivity contribution is -0.139. The summed E-state index contributed by atoms with van der Waals surface area (Å²) in [5.41, 5.74) is 1.29. The van der Waals surface area contributed by atoms with Crippen LogP contribution in [-0.4, -0.2) is 16.1 Å². The molecular weight excluding hydrogens is 383 g/mol. The summed E-state index contributed by atoms with van der Waals surface area (Å²) in [5.74, 6) is -0.783. The van der Waals surface area contributed by atoms with Gasteiger partial charge >= 0.3 is 12.1 Å². The number of aliphatic carboxylic acids is 1. The van der Waals surface area contributed by atoms with Crippen LogP contribution >= 0.6 is 0 Å². The molecule has 154 valence electrons. The Balaban J connectivity index is 2.04. The highest BCUT2D eigenvalue weighted by Gasteiger charge is 2.36. The fourth-order valence-electron chi connectivity index (χ4n) is 3.42. The summed E-state index contributed by atoms with van der Waals surface area (Å²) in [7, 11) is 0. The second-order valence-electron chi connectivity index (χ2n) is 7.58. The van der Waals surface area contributed by atoms with Crippen molar-refractivity contribution in [3.8, 4) is 11.5 Å². The van der Waals surface area contributed by atoms with Gasteiger partial charge in [-0.2, -0.15) is 13.2 Å². The Kier molecular flexibility index (Phi) is 5.59. The molecule has 2 aromatic carbocycles. The Morgan fingerprint density at radius 2 is 1.93 bits per heavy atom. The van der Waals surface area contributed by atoms with Crippen molar-refractivity contribution in [2.75, 3.05) is 0 Å². The monoisotopic (exact) mass is 405 g/mol. The maximum absolute atomic E-state index is 13.6. The van der Waals surface area contributed by atoms with Crippen LogP contribution in [0.5, 0.6) is 11.5 Å². The number of aromatic amines is 1. The normalized spacial score (nSPS) is 12.0. The molecule has 2 N–H and O–H groups in total. The van der Waals surface area contributed by atoms with Crippen molar-refractivity contribution in [2.24, 2.45) is 5.92 Å². The Hall–Kier alpha value is -2.96. The van der Waals surface area contributed by atoms with Crippen LogP contribution < -0.4 is 4.74 Å². The third kappa shape index (κ3) is 4.72. The minimum Gasteiger partial charge on any atom is -0.481 e. The zero-order chi connectivity index (χ0) is 21.3. The molecule has 0 aliphatic heterocycles. The van der Waals surface area contributed by atoms with Crippen molar-refractivity contribution in [1.29, 1.82) is 0 Å². The van der Waals surface area contributed by atoms with Gasteiger partial charge in [-0.25, -0.2) is 0 Å². The molecule has 0 aliphatic rings. The average molecular weight is 405 g/mol. The van der Waals surface area contributed by atoms with Crippen LogP contribution in [0.3, 0.4) is 0 Å². The molecule has 0 bridgehead atoms. The van der Waals surface area contributed by atoms with Gasteiger partial charge in [-0.05, 0) is 60.2 Å². The van der Waals surface area contributed by atoms with E-state index in [0.717, 1.165) is 29.0 Å². The first-order chi connectivity index (χ1) is 13.5. The van der Waals surface area contributed by atoms with Crippen LogP contribution in [0, 0.1) is 12.8 Å². The third-order valence-electron chi connectivity index (χ3n) is 4.58. The van der Waals surface area contributed by atoms with Gasteiger partial charge < -0.3 is 14.8 Å². The Morgan fingerprint density at radius 1 is 1.21 bits per heavy atom. The largest absolute Gasteiger partial charge is 0.481 e. The second kappa shape index (κ2) is 7.81. The van der Waals surface area contributed by atoms with Crippen molar-refractivity contribution >= 4 is 16.9 Å². The predicted octanol–water partition coefficient (Wildman–Crippen LogP) is 6.11. The van der Waals surface area contributed by atoms with Gasteiger partial charge in [-0.15, -0.1) is 0 Å². The number of benzene rings is 2. The number of rotatable bonds is 6. The molecule has 3 rings (SSSR count). The number of alkyl halides is 3. The van der Waals surface area contributed by atoms with E-state index in [1.54, 1.807) is 18.2 Å². The number of fused-ring (bicyclic) bond motifs is 1. The number of halogens is 3. The topological polar surface area (TPSA) is 62.3 Å². The van der Waals surface area contributed by atoms with Gasteiger partial charge in [-0.1, -0.05) is 19.9 Å². The van der Waals surface area contributed by atoms with Gasteiger partial charge in [0.05, 0.1) is 12.0 Å². The Morgan fingerprint density at radius 3 is 2.55 bits per heavy atom. The van der Waals surface area contributed by atoms with Crippen LogP contribution in [0.4, 0.5) is 13.2 Å². The molecule has 0 radical (unpaired) electrons. The van der Waals surface area contributed by atoms with Crippen molar-refractivity contribution in [3.63, 3.8) is 0 Å². The average Bonchev–Trinajstić information content (AvgIpc) is 2.97. The van der Waals surface area contributed by atoms with Crippen molar-refractivity contribution in [1.82, 2.24) is 4.98 Å². The molecule has 0 saturated heterocycles. The minimum absolute atomic E-state index is 0.0787. The lowest BCUT2D eigenvalue weighted by Crippen LogP contribution is -2.11. The number of carboxylic acid groups (broad SMARTS) is 1. The van der Waals surface area contributed by atoms with Crippen LogP contribution in [-0.2, 0) is 23.8 Å². The zero-order valence-corrected chi connectivity index (χ0v) is 16.4. The van der Waals surface area contributed by atoms with Crippen molar-refractivity contribution in [3.05, 3.63) is 58.8 Å². The molecule has 0 spiro atoms. The first-order valence-corrected chi connectivity index (χ1v) is 9.25. The van der Waals surface area contributed by atoms with E-state index in [2.05, 4.69) is 18.8 Å². The van der Waals surface area contributed by atoms with Gasteiger partial charge in [0.2, 0.25) is 0 Å². The number of H-pyrrole nitrogens is 1. The Bertz CT molecular complexity index is 1050. The highest BCUT2D eigenvalue weighted by Crippen LogP contribution is 2.41. The molecule has 0 unspecified atom stereocenters. The van der Waals surface area contributed by atoms with Gasteiger partial charge in [-0.3, -0.25) is 4.79 Å². The van der Waals surface area contributed by atoms with E-state index in [-0.39, 0.29) is 16.9 Å². The first-order valence-electron chi connectivity index (χ1n) is 9.25. The van der Waals surface area contributed by atoms with Crippen molar-refractivity contribution in [2.45, 2.75) is 39.8 Å². The van der Waals surface area contributed by atoms with Crippen LogP contribution in [0.1, 0.15) is 36.1 Å². The molecular formula is C22H22F3NO3. The number of nitrogens with one attached hydrogen (secondary N) is 1. The summed E-state index contributed by atoms with van der Waals surface area (Å²) < 4.78 is 46.6. The maximum atomic E-state index is 13.6. The minimum atomic E-state index is -4.67. The smallest absolute Gasteiger partial charge is 0.420 e. The van der Waals surface area contributed by atoms with Crippen LogP contribution in [0.2, 0.25) is 0 Å². The molecule has 0 amide bonds. The summed E-state index contributed by atoms with van der Waals surface area (Å²) in [6.45, 7) is 5.67. The highest BCUT2D eigenvalue weighted by molar-refractivity contribution is 5.84. The van der Waals surface area contributed by atoms with Crippen LogP contribution in [0.15, 0.2) is 36.5 Å². The number of hydrogen-bond donors (Lipinski definition) is 2. The summed E-state index contributed by atoms with van der Waals surface area (Å²) in [5, 5.41) is 9.82. The van der Waals surface area contributed by atoms with E-state index in [9.17, 15) is 18.0 Å². The summed E-state index contributed by atoms with van der Waals surface area (Å²) in [4.78, 5) is 14.1. The molecule has 0 fully saturated rings. The van der Waals surface area contributed by atoms with Crippen LogP contribution in [0.25, 0.3) is 10.9 Å². The molecule has 3 aromatic rings. The number of carboxylic acids is 1. The molecule has 0 saturated carbocycles. The van der Waals surface area contributed by atoms with Gasteiger partial charge in [0.1, 0.15) is 11.5 Å². The SMILES string of the molecule is Cc1cc(CC(=O)O)cc(C(F)(F)F)c1Oc1ccc2[nH]cc(CC(C)C)c2c1. The van der Waals surface area contributed by atoms with Gasteiger partial charge in [0.15, 0.2) is 0 Å². The molecule has 29 heavy (non-hydrogen) atoms. The standard InChI is InChI=1S/C22H22F3NO3/c1-12(2)6-15-11-26-19-5-4-16(10-17(15)19)29-21-13(3)7-14(9-20(27)28)8-18(21)22(23,24)25/h4-5,7-8,10-12,26H,6,9H2,1-3H3,(H,27,28). The van der Waals surface area contributed by atoms with E-state index in [1.165, 1.54) is 13.0 Å². The van der Waals surface area contributed by atoms with E-state index in [4.69, 9.17) is 9.84 Å². The fourth-order valence-corrected chi connectivity index (χ4v) is 3.42. The summed E-state index contributed by atoms with van der Waals surface area (Å²) >= 11 is 0. The zero-order valence-electron chi connectivity index (χ0n) is 16.4. The third-order valence-corrected chi connectivity index (χ3v) is 4.58.